The first kappa shape index (κ1) is 22.7. The van der Waals surface area contributed by atoms with Crippen LogP contribution in [0.4, 0.5) is 5.69 Å². The molecule has 1 aromatic rings. The minimum Gasteiger partial charge on any atom is -0.325 e. The molecule has 8 heteroatoms. The second-order valence-electron chi connectivity index (χ2n) is 9.47. The van der Waals surface area contributed by atoms with Crippen LogP contribution >= 0.6 is 0 Å². The third-order valence-corrected chi connectivity index (χ3v) is 9.10. The highest BCUT2D eigenvalue weighted by atomic mass is 32.2. The van der Waals surface area contributed by atoms with Crippen molar-refractivity contribution in [2.45, 2.75) is 74.8 Å². The van der Waals surface area contributed by atoms with E-state index >= 15 is 0 Å². The Morgan fingerprint density at radius 1 is 1.06 bits per heavy atom. The molecule has 0 aliphatic carbocycles. The van der Waals surface area contributed by atoms with Crippen LogP contribution in [0.5, 0.6) is 0 Å². The molecule has 0 saturated carbocycles. The van der Waals surface area contributed by atoms with E-state index < -0.39 is 10.0 Å². The zero-order valence-electron chi connectivity index (χ0n) is 18.6. The number of hydrogen-bond acceptors (Lipinski definition) is 5. The molecule has 7 nitrogen and oxygen atoms in total. The predicted molar refractivity (Wildman–Crippen MR) is 123 cm³/mol. The summed E-state index contributed by atoms with van der Waals surface area (Å²) in [5, 5.41) is 6.69. The molecule has 1 amide bonds. The Bertz CT molecular complexity index is 867. The van der Waals surface area contributed by atoms with Crippen molar-refractivity contribution in [2.75, 3.05) is 38.0 Å². The van der Waals surface area contributed by atoms with Gasteiger partial charge in [0.05, 0.1) is 11.4 Å². The Labute approximate surface area is 186 Å². The van der Waals surface area contributed by atoms with Gasteiger partial charge < -0.3 is 10.6 Å². The van der Waals surface area contributed by atoms with Crippen molar-refractivity contribution >= 4 is 21.6 Å². The molecule has 0 bridgehead atoms. The molecule has 3 aliphatic rings. The largest absolute Gasteiger partial charge is 0.325 e. The average molecular weight is 449 g/mol. The van der Waals surface area contributed by atoms with Gasteiger partial charge in [0.2, 0.25) is 15.9 Å². The average Bonchev–Trinajstić information content (AvgIpc) is 2.97. The van der Waals surface area contributed by atoms with Crippen molar-refractivity contribution in [1.82, 2.24) is 14.5 Å². The number of nitrogens with one attached hydrogen (secondary N) is 2. The van der Waals surface area contributed by atoms with E-state index in [1.54, 1.807) is 28.6 Å². The van der Waals surface area contributed by atoms with Crippen molar-refractivity contribution in [3.8, 4) is 0 Å². The fourth-order valence-electron chi connectivity index (χ4n) is 5.46. The zero-order valence-corrected chi connectivity index (χ0v) is 19.4. The second kappa shape index (κ2) is 9.57. The molecule has 0 aromatic heterocycles. The lowest BCUT2D eigenvalue weighted by molar-refractivity contribution is -0.118. The van der Waals surface area contributed by atoms with Crippen molar-refractivity contribution in [1.29, 1.82) is 0 Å². The van der Waals surface area contributed by atoms with E-state index in [1.165, 1.54) is 12.8 Å². The lowest BCUT2D eigenvalue weighted by Gasteiger charge is -2.48. The van der Waals surface area contributed by atoms with Crippen LogP contribution in [0.25, 0.3) is 0 Å². The molecule has 0 spiro atoms. The summed E-state index contributed by atoms with van der Waals surface area (Å²) in [6.07, 6.45) is 8.68. The molecule has 3 fully saturated rings. The Morgan fingerprint density at radius 2 is 1.81 bits per heavy atom. The quantitative estimate of drug-likeness (QED) is 0.724. The van der Waals surface area contributed by atoms with Gasteiger partial charge in [-0.3, -0.25) is 9.69 Å². The molecule has 31 heavy (non-hydrogen) atoms. The zero-order chi connectivity index (χ0) is 21.9. The molecule has 3 saturated heterocycles. The molecule has 4 rings (SSSR count). The number of anilines is 1. The molecule has 0 unspecified atom stereocenters. The lowest BCUT2D eigenvalue weighted by Crippen LogP contribution is -2.62. The number of sulfonamides is 1. The number of piperidine rings is 2. The molecule has 0 radical (unpaired) electrons. The van der Waals surface area contributed by atoms with Crippen LogP contribution < -0.4 is 10.6 Å². The summed E-state index contributed by atoms with van der Waals surface area (Å²) < 4.78 is 27.2. The van der Waals surface area contributed by atoms with E-state index in [0.29, 0.717) is 36.3 Å². The summed E-state index contributed by atoms with van der Waals surface area (Å²) in [6.45, 7) is 5.85. The highest BCUT2D eigenvalue weighted by molar-refractivity contribution is 7.89. The highest BCUT2D eigenvalue weighted by Gasteiger charge is 2.41. The highest BCUT2D eigenvalue weighted by Crippen LogP contribution is 2.32. The third-order valence-electron chi connectivity index (χ3n) is 7.19. The van der Waals surface area contributed by atoms with Gasteiger partial charge in [-0.2, -0.15) is 4.31 Å². The van der Waals surface area contributed by atoms with Gasteiger partial charge in [-0.1, -0.05) is 12.8 Å². The van der Waals surface area contributed by atoms with Crippen LogP contribution in [0.15, 0.2) is 29.2 Å². The van der Waals surface area contributed by atoms with Gasteiger partial charge in [0.25, 0.3) is 0 Å². The number of amides is 1. The first-order chi connectivity index (χ1) is 14.9. The number of carbonyl (C=O) groups excluding carboxylic acids is 1. The number of likely N-dealkylation sites (tertiary alicyclic amines) is 1. The van der Waals surface area contributed by atoms with Crippen LogP contribution in [-0.4, -0.2) is 67.8 Å². The number of carbonyl (C=O) groups is 1. The summed E-state index contributed by atoms with van der Waals surface area (Å²) in [5.74, 6) is -0.0415. The molecule has 2 atom stereocenters. The molecule has 172 valence electrons. The Morgan fingerprint density at radius 3 is 2.55 bits per heavy atom. The predicted octanol–water partition coefficient (Wildman–Crippen LogP) is 2.80. The lowest BCUT2D eigenvalue weighted by atomic mass is 9.81. The van der Waals surface area contributed by atoms with Crippen LogP contribution in [0, 0.1) is 0 Å². The summed E-state index contributed by atoms with van der Waals surface area (Å²) >= 11 is 0. The number of fused-ring (bicyclic) bond motifs is 1. The smallest absolute Gasteiger partial charge is 0.243 e. The molecule has 1 aromatic carbocycles. The minimum atomic E-state index is -3.45. The molecular weight excluding hydrogens is 412 g/mol. The standard InChI is InChI=1S/C23H36N4O3S/c1-23-13-7-15-26(21(23)8-3-4-14-24-23)18-22(28)25-19-9-11-20(12-10-19)31(29,30)27-16-5-2-6-17-27/h9-12,21,24H,2-8,13-18H2,1H3,(H,25,28)/t21-,23+/m0/s1. The van der Waals surface area contributed by atoms with Gasteiger partial charge in [0.1, 0.15) is 0 Å². The Hall–Kier alpha value is -1.48. The van der Waals surface area contributed by atoms with E-state index in [1.807, 2.05) is 0 Å². The summed E-state index contributed by atoms with van der Waals surface area (Å²) in [6, 6.07) is 6.98. The van der Waals surface area contributed by atoms with Crippen molar-refractivity contribution in [2.24, 2.45) is 0 Å². The van der Waals surface area contributed by atoms with E-state index in [-0.39, 0.29) is 11.4 Å². The van der Waals surface area contributed by atoms with Gasteiger partial charge in [0.15, 0.2) is 0 Å². The van der Waals surface area contributed by atoms with Crippen LogP contribution in [0.2, 0.25) is 0 Å². The van der Waals surface area contributed by atoms with Crippen LogP contribution in [0.1, 0.15) is 58.3 Å². The number of rotatable bonds is 5. The maximum absolute atomic E-state index is 12.8. The van der Waals surface area contributed by atoms with Gasteiger partial charge in [-0.15, -0.1) is 0 Å². The maximum atomic E-state index is 12.8. The SMILES string of the molecule is C[C@@]12CCCN(CC(=O)Nc3ccc(S(=O)(=O)N4CCCCC4)cc3)[C@H]1CCCCN2. The summed E-state index contributed by atoms with van der Waals surface area (Å²) in [5.41, 5.74) is 0.723. The minimum absolute atomic E-state index is 0.0415. The van der Waals surface area contributed by atoms with Gasteiger partial charge in [-0.05, 0) is 82.8 Å². The third kappa shape index (κ3) is 5.13. The van der Waals surface area contributed by atoms with Crippen LogP contribution in [-0.2, 0) is 14.8 Å². The molecule has 3 aliphatic heterocycles. The van der Waals surface area contributed by atoms with E-state index in [2.05, 4.69) is 22.5 Å². The van der Waals surface area contributed by atoms with Gasteiger partial charge in [-0.25, -0.2) is 8.42 Å². The monoisotopic (exact) mass is 448 g/mol. The van der Waals surface area contributed by atoms with Crippen molar-refractivity contribution in [3.63, 3.8) is 0 Å². The molecule has 3 heterocycles. The molecular formula is C23H36N4O3S. The normalized spacial score (nSPS) is 28.5. The van der Waals surface area contributed by atoms with Gasteiger partial charge >= 0.3 is 0 Å². The van der Waals surface area contributed by atoms with Gasteiger partial charge in [0, 0.05) is 30.4 Å². The summed E-state index contributed by atoms with van der Waals surface area (Å²) in [7, 11) is -3.45. The summed E-state index contributed by atoms with van der Waals surface area (Å²) in [4.78, 5) is 15.4. The van der Waals surface area contributed by atoms with Crippen LogP contribution in [0.3, 0.4) is 0 Å². The molecule has 2 N–H and O–H groups in total. The van der Waals surface area contributed by atoms with E-state index in [4.69, 9.17) is 0 Å². The van der Waals surface area contributed by atoms with Crippen molar-refractivity contribution < 1.29 is 13.2 Å². The van der Waals surface area contributed by atoms with Crippen molar-refractivity contribution in [3.05, 3.63) is 24.3 Å². The first-order valence-corrected chi connectivity index (χ1v) is 13.2. The number of benzene rings is 1. The number of hydrogen-bond donors (Lipinski definition) is 2. The second-order valence-corrected chi connectivity index (χ2v) is 11.4. The first-order valence-electron chi connectivity index (χ1n) is 11.8. The van der Waals surface area contributed by atoms with E-state index in [9.17, 15) is 13.2 Å². The fourth-order valence-corrected chi connectivity index (χ4v) is 6.97. The topological polar surface area (TPSA) is 81.8 Å². The maximum Gasteiger partial charge on any atom is 0.243 e. The number of nitrogens with zero attached hydrogens (tertiary/aromatic N) is 2. The Kier molecular flexibility index (Phi) is 7.01. The fraction of sp³-hybridized carbons (Fsp3) is 0.696. The van der Waals surface area contributed by atoms with E-state index in [0.717, 1.165) is 51.6 Å². The Balaban J connectivity index is 1.37.